The molecule has 0 spiro atoms. The number of amides is 1. The first-order valence-corrected chi connectivity index (χ1v) is 8.32. The normalized spacial score (nSPS) is 27.4. The third kappa shape index (κ3) is 5.16. The molecular formula is C17H22N2O9. The molecule has 1 amide bonds. The summed E-state index contributed by atoms with van der Waals surface area (Å²) in [4.78, 5) is 21.3. The van der Waals surface area contributed by atoms with Gasteiger partial charge in [-0.05, 0) is 17.7 Å². The van der Waals surface area contributed by atoms with Gasteiger partial charge in [0.25, 0.3) is 0 Å². The summed E-state index contributed by atoms with van der Waals surface area (Å²) >= 11 is 0. The summed E-state index contributed by atoms with van der Waals surface area (Å²) in [5.41, 5.74) is 0.479. The molecule has 0 radical (unpaired) electrons. The van der Waals surface area contributed by atoms with Crippen molar-refractivity contribution < 1.29 is 39.2 Å². The van der Waals surface area contributed by atoms with Gasteiger partial charge >= 0.3 is 0 Å². The first kappa shape index (κ1) is 21.6. The van der Waals surface area contributed by atoms with Gasteiger partial charge in [0.05, 0.1) is 18.6 Å². The SMILES string of the molecule is COc1cc(/C=C/[N+](=O)[O-])ccc1O[C@@H]1O[C@H](CO)[C@@H](O)[C@H](O)[C@H]1NC(C)=O. The average Bonchev–Trinajstić information content (AvgIpc) is 2.66. The minimum Gasteiger partial charge on any atom is -0.493 e. The summed E-state index contributed by atoms with van der Waals surface area (Å²) in [7, 11) is 1.37. The standard InChI is InChI=1S/C17H22N2O9/c1-9(21)18-14-16(23)15(22)13(8-20)28-17(14)27-11-4-3-10(5-6-19(24)25)7-12(11)26-2/h3-7,13-17,20,22-23H,8H2,1-2H3,(H,18,21)/b6-5+/t13-,14-,15-,16-,17-/m1/s1. The monoisotopic (exact) mass is 398 g/mol. The van der Waals surface area contributed by atoms with Crippen LogP contribution < -0.4 is 14.8 Å². The topological polar surface area (TPSA) is 161 Å². The van der Waals surface area contributed by atoms with Crippen LogP contribution in [0.15, 0.2) is 24.4 Å². The van der Waals surface area contributed by atoms with Gasteiger partial charge in [0.15, 0.2) is 11.5 Å². The van der Waals surface area contributed by atoms with E-state index in [0.29, 0.717) is 5.56 Å². The first-order chi connectivity index (χ1) is 13.3. The minimum atomic E-state index is -1.45. The van der Waals surface area contributed by atoms with Crippen molar-refractivity contribution in [3.8, 4) is 11.5 Å². The van der Waals surface area contributed by atoms with Crippen LogP contribution in [-0.2, 0) is 9.53 Å². The van der Waals surface area contributed by atoms with E-state index in [-0.39, 0.29) is 11.5 Å². The van der Waals surface area contributed by atoms with Crippen LogP contribution >= 0.6 is 0 Å². The number of benzene rings is 1. The van der Waals surface area contributed by atoms with Gasteiger partial charge in [-0.3, -0.25) is 14.9 Å². The molecule has 0 saturated carbocycles. The van der Waals surface area contributed by atoms with E-state index in [0.717, 1.165) is 6.20 Å². The van der Waals surface area contributed by atoms with Crippen LogP contribution in [0.5, 0.6) is 11.5 Å². The number of carbonyl (C=O) groups is 1. The summed E-state index contributed by atoms with van der Waals surface area (Å²) in [5.74, 6) is -0.0960. The molecule has 11 heteroatoms. The fraction of sp³-hybridized carbons (Fsp3) is 0.471. The van der Waals surface area contributed by atoms with E-state index in [1.165, 1.54) is 38.3 Å². The zero-order valence-electron chi connectivity index (χ0n) is 15.2. The van der Waals surface area contributed by atoms with Crippen LogP contribution in [0.4, 0.5) is 0 Å². The van der Waals surface area contributed by atoms with Gasteiger partial charge in [0.2, 0.25) is 18.4 Å². The second-order valence-corrected chi connectivity index (χ2v) is 6.06. The number of aliphatic hydroxyl groups is 3. The molecule has 0 unspecified atom stereocenters. The maximum Gasteiger partial charge on any atom is 0.235 e. The summed E-state index contributed by atoms with van der Waals surface area (Å²) in [6.45, 7) is 0.651. The number of methoxy groups -OCH3 is 1. The molecule has 1 aliphatic heterocycles. The van der Waals surface area contributed by atoms with E-state index in [4.69, 9.17) is 14.2 Å². The summed E-state index contributed by atoms with van der Waals surface area (Å²) in [6, 6.07) is 3.37. The van der Waals surface area contributed by atoms with Gasteiger partial charge in [-0.2, -0.15) is 0 Å². The summed E-state index contributed by atoms with van der Waals surface area (Å²) in [5, 5.41) is 42.5. The van der Waals surface area contributed by atoms with Crippen LogP contribution in [0.1, 0.15) is 12.5 Å². The molecule has 5 atom stereocenters. The van der Waals surface area contributed by atoms with Crippen molar-refractivity contribution >= 4 is 12.0 Å². The first-order valence-electron chi connectivity index (χ1n) is 8.32. The van der Waals surface area contributed by atoms with Crippen molar-refractivity contribution in [2.45, 2.75) is 37.6 Å². The lowest BCUT2D eigenvalue weighted by molar-refractivity contribution is -0.400. The zero-order chi connectivity index (χ0) is 20.8. The molecule has 1 saturated heterocycles. The molecule has 0 aliphatic carbocycles. The highest BCUT2D eigenvalue weighted by Crippen LogP contribution is 2.32. The molecule has 0 bridgehead atoms. The molecule has 154 valence electrons. The number of hydrogen-bond donors (Lipinski definition) is 4. The zero-order valence-corrected chi connectivity index (χ0v) is 15.2. The number of ether oxygens (including phenoxy) is 3. The molecule has 0 aromatic heterocycles. The predicted octanol–water partition coefficient (Wildman–Crippen LogP) is -0.735. The highest BCUT2D eigenvalue weighted by molar-refractivity contribution is 5.73. The van der Waals surface area contributed by atoms with E-state index < -0.39 is 48.1 Å². The van der Waals surface area contributed by atoms with Crippen LogP contribution in [0.25, 0.3) is 6.08 Å². The lowest BCUT2D eigenvalue weighted by atomic mass is 9.97. The van der Waals surface area contributed by atoms with Crippen molar-refractivity contribution in [2.75, 3.05) is 13.7 Å². The summed E-state index contributed by atoms with van der Waals surface area (Å²) < 4.78 is 16.4. The Morgan fingerprint density at radius 2 is 2.07 bits per heavy atom. The predicted molar refractivity (Wildman–Crippen MR) is 95.0 cm³/mol. The number of nitrogens with zero attached hydrogens (tertiary/aromatic N) is 1. The maximum absolute atomic E-state index is 11.5. The minimum absolute atomic E-state index is 0.168. The van der Waals surface area contributed by atoms with E-state index in [1.807, 2.05) is 0 Å². The van der Waals surface area contributed by atoms with E-state index in [2.05, 4.69) is 5.32 Å². The van der Waals surface area contributed by atoms with Gasteiger partial charge in [0.1, 0.15) is 24.4 Å². The third-order valence-corrected chi connectivity index (χ3v) is 4.07. The second kappa shape index (κ2) is 9.46. The molecule has 4 N–H and O–H groups in total. The molecule has 28 heavy (non-hydrogen) atoms. The van der Waals surface area contributed by atoms with E-state index >= 15 is 0 Å². The van der Waals surface area contributed by atoms with Gasteiger partial charge in [-0.25, -0.2) is 0 Å². The number of hydrogen-bond acceptors (Lipinski definition) is 9. The number of nitro groups is 1. The smallest absolute Gasteiger partial charge is 0.235 e. The van der Waals surface area contributed by atoms with Gasteiger partial charge in [0, 0.05) is 13.0 Å². The Hall–Kier alpha value is -2.73. The molecular weight excluding hydrogens is 376 g/mol. The average molecular weight is 398 g/mol. The van der Waals surface area contributed by atoms with Crippen molar-refractivity contribution in [3.63, 3.8) is 0 Å². The van der Waals surface area contributed by atoms with E-state index in [9.17, 15) is 30.2 Å². The Balaban J connectivity index is 2.28. The number of rotatable bonds is 7. The van der Waals surface area contributed by atoms with Crippen molar-refractivity contribution in [2.24, 2.45) is 0 Å². The van der Waals surface area contributed by atoms with Crippen LogP contribution in [-0.4, -0.2) is 70.5 Å². The third-order valence-electron chi connectivity index (χ3n) is 4.07. The Kier molecular flexibility index (Phi) is 7.29. The number of nitrogens with one attached hydrogen (secondary N) is 1. The molecule has 1 aliphatic rings. The van der Waals surface area contributed by atoms with Gasteiger partial charge in [-0.1, -0.05) is 6.07 Å². The van der Waals surface area contributed by atoms with Crippen molar-refractivity contribution in [3.05, 3.63) is 40.1 Å². The Labute approximate surface area is 160 Å². The van der Waals surface area contributed by atoms with Gasteiger partial charge < -0.3 is 34.8 Å². The highest BCUT2D eigenvalue weighted by Gasteiger charge is 2.46. The lowest BCUT2D eigenvalue weighted by Crippen LogP contribution is -2.65. The highest BCUT2D eigenvalue weighted by atomic mass is 16.7. The Bertz CT molecular complexity index is 739. The Morgan fingerprint density at radius 1 is 1.36 bits per heavy atom. The van der Waals surface area contributed by atoms with Crippen molar-refractivity contribution in [1.29, 1.82) is 0 Å². The molecule has 1 aromatic rings. The van der Waals surface area contributed by atoms with Crippen LogP contribution in [0, 0.1) is 10.1 Å². The number of carbonyl (C=O) groups excluding carboxylic acids is 1. The molecule has 11 nitrogen and oxygen atoms in total. The van der Waals surface area contributed by atoms with Crippen molar-refractivity contribution in [1.82, 2.24) is 5.32 Å². The van der Waals surface area contributed by atoms with E-state index in [1.54, 1.807) is 0 Å². The largest absolute Gasteiger partial charge is 0.493 e. The fourth-order valence-electron chi connectivity index (χ4n) is 2.73. The van der Waals surface area contributed by atoms with Crippen LogP contribution in [0.2, 0.25) is 0 Å². The second-order valence-electron chi connectivity index (χ2n) is 6.06. The van der Waals surface area contributed by atoms with Gasteiger partial charge in [-0.15, -0.1) is 0 Å². The van der Waals surface area contributed by atoms with Crippen LogP contribution in [0.3, 0.4) is 0 Å². The Morgan fingerprint density at radius 3 is 2.64 bits per heavy atom. The molecule has 1 fully saturated rings. The molecule has 2 rings (SSSR count). The number of aliphatic hydroxyl groups excluding tert-OH is 3. The summed E-state index contributed by atoms with van der Waals surface area (Å²) in [6.07, 6.45) is -3.21. The molecule has 1 aromatic carbocycles. The molecule has 1 heterocycles. The fourth-order valence-corrected chi connectivity index (χ4v) is 2.73. The lowest BCUT2D eigenvalue weighted by Gasteiger charge is -2.42. The quantitative estimate of drug-likeness (QED) is 0.343. The maximum atomic E-state index is 11.5.